The highest BCUT2D eigenvalue weighted by molar-refractivity contribution is 5.41. The van der Waals surface area contributed by atoms with Crippen LogP contribution in [0.4, 0.5) is 0 Å². The Morgan fingerprint density at radius 3 is 2.73 bits per heavy atom. The van der Waals surface area contributed by atoms with Crippen molar-refractivity contribution in [1.82, 2.24) is 0 Å². The van der Waals surface area contributed by atoms with Crippen molar-refractivity contribution in [2.24, 2.45) is 4.99 Å². The zero-order valence-corrected chi connectivity index (χ0v) is 8.82. The Kier molecular flexibility index (Phi) is 4.38. The summed E-state index contributed by atoms with van der Waals surface area (Å²) in [5.41, 5.74) is 0.968. The molecule has 0 aliphatic rings. The number of ether oxygens (including phenoxy) is 2. The van der Waals surface area contributed by atoms with Crippen molar-refractivity contribution in [2.75, 3.05) is 20.8 Å². The van der Waals surface area contributed by atoms with E-state index >= 15 is 0 Å². The zero-order valence-electron chi connectivity index (χ0n) is 8.82. The molecule has 0 aliphatic heterocycles. The minimum absolute atomic E-state index is 0.410. The molecule has 1 aromatic rings. The van der Waals surface area contributed by atoms with Gasteiger partial charge in [-0.25, -0.2) is 9.79 Å². The smallest absolute Gasteiger partial charge is 0.234 e. The lowest BCUT2D eigenvalue weighted by Crippen LogP contribution is -1.96. The van der Waals surface area contributed by atoms with Crippen LogP contribution in [0.1, 0.15) is 5.56 Å². The van der Waals surface area contributed by atoms with Gasteiger partial charge >= 0.3 is 0 Å². The Balaban J connectivity index is 2.85. The van der Waals surface area contributed by atoms with Gasteiger partial charge in [0.05, 0.1) is 20.8 Å². The highest BCUT2D eigenvalue weighted by atomic mass is 16.5. The van der Waals surface area contributed by atoms with E-state index in [0.717, 1.165) is 17.1 Å². The first-order chi connectivity index (χ1) is 7.31. The van der Waals surface area contributed by atoms with Gasteiger partial charge in [-0.05, 0) is 30.2 Å². The minimum Gasteiger partial charge on any atom is -0.497 e. The Bertz CT molecular complexity index is 370. The van der Waals surface area contributed by atoms with Crippen LogP contribution in [-0.4, -0.2) is 26.8 Å². The fraction of sp³-hybridized carbons (Fsp3) is 0.364. The van der Waals surface area contributed by atoms with Crippen molar-refractivity contribution in [3.8, 4) is 11.5 Å². The van der Waals surface area contributed by atoms with E-state index in [2.05, 4.69) is 4.99 Å². The predicted molar refractivity (Wildman–Crippen MR) is 56.2 cm³/mol. The Labute approximate surface area is 88.5 Å². The molecule has 0 amide bonds. The first-order valence-corrected chi connectivity index (χ1v) is 4.56. The second-order valence-corrected chi connectivity index (χ2v) is 2.90. The van der Waals surface area contributed by atoms with Crippen molar-refractivity contribution in [1.29, 1.82) is 0 Å². The third-order valence-electron chi connectivity index (χ3n) is 2.05. The van der Waals surface area contributed by atoms with Gasteiger partial charge < -0.3 is 9.47 Å². The van der Waals surface area contributed by atoms with Gasteiger partial charge in [-0.3, -0.25) is 0 Å². The molecular formula is C11H13NO3. The summed E-state index contributed by atoms with van der Waals surface area (Å²) in [6.07, 6.45) is 2.14. The van der Waals surface area contributed by atoms with Crippen molar-refractivity contribution in [3.05, 3.63) is 23.8 Å². The Hall–Kier alpha value is -1.80. The van der Waals surface area contributed by atoms with Crippen molar-refractivity contribution >= 4 is 6.08 Å². The molecule has 0 saturated heterocycles. The molecule has 0 spiro atoms. The normalized spacial score (nSPS) is 9.20. The summed E-state index contributed by atoms with van der Waals surface area (Å²) in [6, 6.07) is 5.53. The van der Waals surface area contributed by atoms with E-state index in [1.54, 1.807) is 14.2 Å². The summed E-state index contributed by atoms with van der Waals surface area (Å²) < 4.78 is 10.3. The molecule has 0 atom stereocenters. The number of benzene rings is 1. The molecule has 0 aromatic heterocycles. The van der Waals surface area contributed by atoms with Crippen LogP contribution in [0.2, 0.25) is 0 Å². The van der Waals surface area contributed by atoms with E-state index < -0.39 is 0 Å². The van der Waals surface area contributed by atoms with Crippen molar-refractivity contribution in [3.63, 3.8) is 0 Å². The maximum absolute atomic E-state index is 9.93. The molecule has 0 N–H and O–H groups in total. The van der Waals surface area contributed by atoms with E-state index in [1.807, 2.05) is 18.2 Å². The highest BCUT2D eigenvalue weighted by Crippen LogP contribution is 2.24. The van der Waals surface area contributed by atoms with Crippen LogP contribution in [0.25, 0.3) is 0 Å². The quantitative estimate of drug-likeness (QED) is 0.544. The molecular weight excluding hydrogens is 194 g/mol. The van der Waals surface area contributed by atoms with Gasteiger partial charge in [0.25, 0.3) is 0 Å². The Morgan fingerprint density at radius 1 is 1.33 bits per heavy atom. The van der Waals surface area contributed by atoms with Gasteiger partial charge in [0.2, 0.25) is 6.08 Å². The van der Waals surface area contributed by atoms with Gasteiger partial charge in [0.15, 0.2) is 0 Å². The van der Waals surface area contributed by atoms with Crippen LogP contribution in [0.3, 0.4) is 0 Å². The summed E-state index contributed by atoms with van der Waals surface area (Å²) >= 11 is 0. The molecule has 0 radical (unpaired) electrons. The summed E-state index contributed by atoms with van der Waals surface area (Å²) in [7, 11) is 3.21. The van der Waals surface area contributed by atoms with Crippen LogP contribution in [0, 0.1) is 0 Å². The van der Waals surface area contributed by atoms with Crippen LogP contribution >= 0.6 is 0 Å². The summed E-state index contributed by atoms with van der Waals surface area (Å²) in [4.78, 5) is 13.4. The topological polar surface area (TPSA) is 47.9 Å². The number of hydrogen-bond acceptors (Lipinski definition) is 4. The lowest BCUT2D eigenvalue weighted by atomic mass is 10.1. The molecule has 1 rings (SSSR count). The van der Waals surface area contributed by atoms with Gasteiger partial charge in [0.1, 0.15) is 11.5 Å². The highest BCUT2D eigenvalue weighted by Gasteiger charge is 2.04. The third-order valence-corrected chi connectivity index (χ3v) is 2.05. The van der Waals surface area contributed by atoms with E-state index in [0.29, 0.717) is 13.0 Å². The molecule has 15 heavy (non-hydrogen) atoms. The largest absolute Gasteiger partial charge is 0.497 e. The van der Waals surface area contributed by atoms with Crippen molar-refractivity contribution in [2.45, 2.75) is 6.42 Å². The number of aliphatic imine (C=N–C) groups is 1. The second-order valence-electron chi connectivity index (χ2n) is 2.90. The van der Waals surface area contributed by atoms with Gasteiger partial charge in [-0.15, -0.1) is 0 Å². The fourth-order valence-corrected chi connectivity index (χ4v) is 1.30. The number of nitrogens with zero attached hydrogens (tertiary/aromatic N) is 1. The predicted octanol–water partition coefficient (Wildman–Crippen LogP) is 1.58. The van der Waals surface area contributed by atoms with E-state index in [4.69, 9.17) is 9.47 Å². The third kappa shape index (κ3) is 3.11. The standard InChI is InChI=1S/C11H13NO3/c1-14-10-3-4-11(15-2)9(7-10)5-6-12-8-13/h3-4,7H,5-6H2,1-2H3. The zero-order chi connectivity index (χ0) is 11.1. The molecule has 0 unspecified atom stereocenters. The lowest BCUT2D eigenvalue weighted by molar-refractivity contribution is 0.399. The number of hydrogen-bond donors (Lipinski definition) is 0. The molecule has 0 heterocycles. The molecule has 0 aliphatic carbocycles. The Morgan fingerprint density at radius 2 is 2.13 bits per heavy atom. The van der Waals surface area contributed by atoms with E-state index in [9.17, 15) is 4.79 Å². The van der Waals surface area contributed by atoms with Crippen LogP contribution in [0.15, 0.2) is 23.2 Å². The average molecular weight is 207 g/mol. The molecule has 0 saturated carbocycles. The maximum Gasteiger partial charge on any atom is 0.234 e. The van der Waals surface area contributed by atoms with Gasteiger partial charge in [-0.2, -0.15) is 0 Å². The number of isocyanates is 1. The van der Waals surface area contributed by atoms with Gasteiger partial charge in [0, 0.05) is 0 Å². The number of methoxy groups -OCH3 is 2. The fourth-order valence-electron chi connectivity index (χ4n) is 1.30. The molecule has 80 valence electrons. The lowest BCUT2D eigenvalue weighted by Gasteiger charge is -2.08. The van der Waals surface area contributed by atoms with Crippen molar-refractivity contribution < 1.29 is 14.3 Å². The summed E-state index contributed by atoms with van der Waals surface area (Å²) in [6.45, 7) is 0.410. The summed E-state index contributed by atoms with van der Waals surface area (Å²) in [5.74, 6) is 1.54. The monoisotopic (exact) mass is 207 g/mol. The SMILES string of the molecule is COc1ccc(OC)c(CCN=C=O)c1. The minimum atomic E-state index is 0.410. The van der Waals surface area contributed by atoms with Crippen LogP contribution in [0.5, 0.6) is 11.5 Å². The number of rotatable bonds is 5. The van der Waals surface area contributed by atoms with E-state index in [-0.39, 0.29) is 0 Å². The summed E-state index contributed by atoms with van der Waals surface area (Å²) in [5, 5.41) is 0. The molecule has 4 nitrogen and oxygen atoms in total. The van der Waals surface area contributed by atoms with Crippen LogP contribution in [-0.2, 0) is 11.2 Å². The average Bonchev–Trinajstić information content (AvgIpc) is 2.29. The molecule has 0 bridgehead atoms. The van der Waals surface area contributed by atoms with Crippen LogP contribution < -0.4 is 9.47 Å². The first-order valence-electron chi connectivity index (χ1n) is 4.56. The maximum atomic E-state index is 9.93. The molecule has 4 heteroatoms. The number of carbonyl (C=O) groups excluding carboxylic acids is 1. The molecule has 0 fully saturated rings. The molecule has 1 aromatic carbocycles. The second kappa shape index (κ2) is 5.83. The van der Waals surface area contributed by atoms with E-state index in [1.165, 1.54) is 6.08 Å². The first kappa shape index (κ1) is 11.3. The van der Waals surface area contributed by atoms with Gasteiger partial charge in [-0.1, -0.05) is 0 Å².